The number of carbonyl (C=O) groups is 1. The highest BCUT2D eigenvalue weighted by atomic mass is 32.1. The van der Waals surface area contributed by atoms with Crippen molar-refractivity contribution in [1.82, 2.24) is 10.2 Å². The van der Waals surface area contributed by atoms with Crippen molar-refractivity contribution < 1.29 is 19.2 Å². The number of amides is 1. The van der Waals surface area contributed by atoms with Gasteiger partial charge >= 0.3 is 0 Å². The number of methoxy groups -OCH3 is 1. The van der Waals surface area contributed by atoms with Crippen LogP contribution in [-0.2, 0) is 11.4 Å². The van der Waals surface area contributed by atoms with Crippen LogP contribution in [0.3, 0.4) is 0 Å². The van der Waals surface area contributed by atoms with Crippen molar-refractivity contribution in [3.63, 3.8) is 0 Å². The molecule has 0 aromatic heterocycles. The average Bonchev–Trinajstić information content (AvgIpc) is 2.99. The fourth-order valence-corrected chi connectivity index (χ4v) is 3.17. The van der Waals surface area contributed by atoms with Crippen LogP contribution in [0.4, 0.5) is 5.69 Å². The molecule has 2 aromatic carbocycles. The molecule has 1 heterocycles. The predicted octanol–water partition coefficient (Wildman–Crippen LogP) is 3.26. The van der Waals surface area contributed by atoms with Crippen LogP contribution in [0.5, 0.6) is 11.5 Å². The van der Waals surface area contributed by atoms with Gasteiger partial charge in [0.2, 0.25) is 0 Å². The van der Waals surface area contributed by atoms with E-state index in [1.165, 1.54) is 29.2 Å². The van der Waals surface area contributed by atoms with E-state index in [2.05, 4.69) is 5.32 Å². The van der Waals surface area contributed by atoms with E-state index in [4.69, 9.17) is 21.7 Å². The third-order valence-electron chi connectivity index (χ3n) is 4.34. The number of carbonyl (C=O) groups excluding carboxylic acids is 1. The maximum absolute atomic E-state index is 12.4. The van der Waals surface area contributed by atoms with E-state index in [-0.39, 0.29) is 18.2 Å². The Kier molecular flexibility index (Phi) is 6.08. The third kappa shape index (κ3) is 4.52. The summed E-state index contributed by atoms with van der Waals surface area (Å²) in [6.07, 6.45) is 1.72. The average molecular weight is 413 g/mol. The fraction of sp³-hybridized carbons (Fsp3) is 0.200. The summed E-state index contributed by atoms with van der Waals surface area (Å²) >= 11 is 5.17. The van der Waals surface area contributed by atoms with E-state index in [1.54, 1.807) is 19.3 Å². The molecule has 0 saturated carbocycles. The van der Waals surface area contributed by atoms with Crippen LogP contribution in [-0.4, -0.2) is 34.5 Å². The molecule has 0 spiro atoms. The molecule has 0 bridgehead atoms. The van der Waals surface area contributed by atoms with Gasteiger partial charge in [-0.25, -0.2) is 0 Å². The minimum Gasteiger partial charge on any atom is -0.496 e. The van der Waals surface area contributed by atoms with Gasteiger partial charge in [-0.15, -0.1) is 0 Å². The summed E-state index contributed by atoms with van der Waals surface area (Å²) in [6, 6.07) is 11.3. The molecule has 9 heteroatoms. The molecule has 1 amide bonds. The van der Waals surface area contributed by atoms with Crippen molar-refractivity contribution in [2.75, 3.05) is 13.7 Å². The molecule has 1 N–H and O–H groups in total. The quantitative estimate of drug-likeness (QED) is 0.322. The first-order chi connectivity index (χ1) is 13.9. The summed E-state index contributed by atoms with van der Waals surface area (Å²) in [5.74, 6) is 0.959. The molecule has 0 aliphatic carbocycles. The summed E-state index contributed by atoms with van der Waals surface area (Å²) < 4.78 is 11.1. The number of rotatable bonds is 7. The van der Waals surface area contributed by atoms with E-state index in [0.717, 1.165) is 11.1 Å². The smallest absolute Gasteiger partial charge is 0.276 e. The van der Waals surface area contributed by atoms with Gasteiger partial charge in [0.1, 0.15) is 23.8 Å². The minimum absolute atomic E-state index is 0.00341. The molecule has 2 aromatic rings. The van der Waals surface area contributed by atoms with Crippen molar-refractivity contribution in [2.45, 2.75) is 13.5 Å². The molecule has 29 heavy (non-hydrogen) atoms. The maximum Gasteiger partial charge on any atom is 0.276 e. The molecular weight excluding hydrogens is 394 g/mol. The van der Waals surface area contributed by atoms with Gasteiger partial charge in [-0.05, 0) is 55.0 Å². The maximum atomic E-state index is 12.4. The van der Waals surface area contributed by atoms with Crippen molar-refractivity contribution in [1.29, 1.82) is 0 Å². The lowest BCUT2D eigenvalue weighted by molar-refractivity contribution is -0.384. The highest BCUT2D eigenvalue weighted by Crippen LogP contribution is 2.25. The van der Waals surface area contributed by atoms with E-state index in [1.807, 2.05) is 19.1 Å². The van der Waals surface area contributed by atoms with Gasteiger partial charge in [0, 0.05) is 24.2 Å². The number of nitro groups is 1. The normalized spacial score (nSPS) is 14.8. The predicted molar refractivity (Wildman–Crippen MR) is 112 cm³/mol. The lowest BCUT2D eigenvalue weighted by Gasteiger charge is -2.11. The number of nitro benzene ring substituents is 1. The summed E-state index contributed by atoms with van der Waals surface area (Å²) in [5.41, 5.74) is 1.95. The molecule has 150 valence electrons. The number of hydrogen-bond donors (Lipinski definition) is 1. The first-order valence-electron chi connectivity index (χ1n) is 8.81. The van der Waals surface area contributed by atoms with Gasteiger partial charge in [-0.1, -0.05) is 6.07 Å². The third-order valence-corrected chi connectivity index (χ3v) is 4.66. The van der Waals surface area contributed by atoms with Crippen molar-refractivity contribution >= 4 is 35.0 Å². The summed E-state index contributed by atoms with van der Waals surface area (Å²) in [6.45, 7) is 2.55. The Morgan fingerprint density at radius 1 is 1.24 bits per heavy atom. The Bertz CT molecular complexity index is 988. The van der Waals surface area contributed by atoms with E-state index in [0.29, 0.717) is 28.9 Å². The largest absolute Gasteiger partial charge is 0.496 e. The zero-order valence-corrected chi connectivity index (χ0v) is 16.7. The number of likely N-dealkylation sites (N-methyl/N-ethyl adjacent to an activating group) is 1. The van der Waals surface area contributed by atoms with Gasteiger partial charge in [0.25, 0.3) is 11.6 Å². The zero-order chi connectivity index (χ0) is 21.0. The monoisotopic (exact) mass is 413 g/mol. The minimum atomic E-state index is -0.465. The number of benzene rings is 2. The van der Waals surface area contributed by atoms with Crippen LogP contribution in [0, 0.1) is 10.1 Å². The van der Waals surface area contributed by atoms with Crippen molar-refractivity contribution in [3.05, 3.63) is 69.4 Å². The number of nitrogens with zero attached hydrogens (tertiary/aromatic N) is 2. The first kappa shape index (κ1) is 20.3. The second kappa shape index (κ2) is 8.70. The topological polar surface area (TPSA) is 93.9 Å². The number of hydrogen-bond acceptors (Lipinski definition) is 6. The van der Waals surface area contributed by atoms with E-state index < -0.39 is 4.92 Å². The highest BCUT2D eigenvalue weighted by molar-refractivity contribution is 7.80. The van der Waals surface area contributed by atoms with Gasteiger partial charge in [0.05, 0.1) is 12.0 Å². The molecule has 1 aliphatic rings. The van der Waals surface area contributed by atoms with Gasteiger partial charge < -0.3 is 14.8 Å². The van der Waals surface area contributed by atoms with Crippen LogP contribution >= 0.6 is 12.2 Å². The van der Waals surface area contributed by atoms with Crippen LogP contribution in [0.25, 0.3) is 6.08 Å². The van der Waals surface area contributed by atoms with Crippen LogP contribution in [0.15, 0.2) is 48.2 Å². The Morgan fingerprint density at radius 3 is 2.55 bits per heavy atom. The van der Waals surface area contributed by atoms with E-state index >= 15 is 0 Å². The summed E-state index contributed by atoms with van der Waals surface area (Å²) in [7, 11) is 1.56. The van der Waals surface area contributed by atoms with Crippen LogP contribution < -0.4 is 14.8 Å². The van der Waals surface area contributed by atoms with E-state index in [9.17, 15) is 14.9 Å². The molecule has 0 radical (unpaired) electrons. The van der Waals surface area contributed by atoms with Gasteiger partial charge in [0.15, 0.2) is 5.11 Å². The SMILES string of the molecule is CCN1C(=O)/C(=C\c2ccc(OC)c(COc3ccc([N+](=O)[O-])cc3)c2)NC1=S. The zero-order valence-electron chi connectivity index (χ0n) is 15.9. The molecule has 0 atom stereocenters. The fourth-order valence-electron chi connectivity index (χ4n) is 2.85. The molecule has 0 unspecified atom stereocenters. The van der Waals surface area contributed by atoms with Gasteiger partial charge in [-0.2, -0.15) is 0 Å². The number of thiocarbonyl (C=S) groups is 1. The molecule has 1 fully saturated rings. The van der Waals surface area contributed by atoms with Crippen molar-refractivity contribution in [3.8, 4) is 11.5 Å². The second-order valence-corrected chi connectivity index (χ2v) is 6.54. The highest BCUT2D eigenvalue weighted by Gasteiger charge is 2.29. The molecule has 1 saturated heterocycles. The Morgan fingerprint density at radius 2 is 1.97 bits per heavy atom. The summed E-state index contributed by atoms with van der Waals surface area (Å²) in [4.78, 5) is 24.1. The molecule has 1 aliphatic heterocycles. The molecule has 3 rings (SSSR count). The lowest BCUT2D eigenvalue weighted by Crippen LogP contribution is -2.30. The number of ether oxygens (including phenoxy) is 2. The lowest BCUT2D eigenvalue weighted by atomic mass is 10.1. The Balaban J connectivity index is 1.79. The second-order valence-electron chi connectivity index (χ2n) is 6.15. The van der Waals surface area contributed by atoms with Crippen molar-refractivity contribution in [2.24, 2.45) is 0 Å². The Labute approximate surface area is 172 Å². The van der Waals surface area contributed by atoms with Gasteiger partial charge in [-0.3, -0.25) is 19.8 Å². The van der Waals surface area contributed by atoms with Crippen LogP contribution in [0.1, 0.15) is 18.1 Å². The standard InChI is InChI=1S/C20H19N3O5S/c1-3-22-19(24)17(21-20(22)29)11-13-4-9-18(27-2)14(10-13)12-28-16-7-5-15(6-8-16)23(25)26/h4-11H,3,12H2,1-2H3,(H,21,29)/b17-11+. The number of nitrogens with one attached hydrogen (secondary N) is 1. The first-order valence-corrected chi connectivity index (χ1v) is 9.22. The molecular formula is C20H19N3O5S. The molecule has 8 nitrogen and oxygen atoms in total. The number of non-ortho nitro benzene ring substituents is 1. The Hall–Kier alpha value is -3.46. The summed E-state index contributed by atoms with van der Waals surface area (Å²) in [5, 5.41) is 14.1. The van der Waals surface area contributed by atoms with Crippen LogP contribution in [0.2, 0.25) is 0 Å².